The highest BCUT2D eigenvalue weighted by atomic mass is 16.5. The van der Waals surface area contributed by atoms with Gasteiger partial charge in [0.15, 0.2) is 0 Å². The maximum absolute atomic E-state index is 10.1. The van der Waals surface area contributed by atoms with E-state index in [9.17, 15) is 5.11 Å². The first-order chi connectivity index (χ1) is 9.60. The van der Waals surface area contributed by atoms with E-state index >= 15 is 0 Å². The molecule has 3 nitrogen and oxygen atoms in total. The summed E-state index contributed by atoms with van der Waals surface area (Å²) < 4.78 is 5.53. The Morgan fingerprint density at radius 1 is 1.25 bits per heavy atom. The zero-order valence-corrected chi connectivity index (χ0v) is 13.4. The Morgan fingerprint density at radius 2 is 2.00 bits per heavy atom. The SMILES string of the molecule is CCCOc1ccc(CN(CC)CC(C)CC)c(O)c1. The fourth-order valence-corrected chi connectivity index (χ4v) is 2.10. The summed E-state index contributed by atoms with van der Waals surface area (Å²) in [4.78, 5) is 2.37. The number of rotatable bonds is 9. The summed E-state index contributed by atoms with van der Waals surface area (Å²) in [5, 5.41) is 10.1. The van der Waals surface area contributed by atoms with E-state index in [1.807, 2.05) is 12.1 Å². The molecule has 1 N–H and O–H groups in total. The summed E-state index contributed by atoms with van der Waals surface area (Å²) in [6.07, 6.45) is 2.16. The third-order valence-electron chi connectivity index (χ3n) is 3.64. The van der Waals surface area contributed by atoms with Crippen LogP contribution in [-0.4, -0.2) is 29.7 Å². The zero-order valence-electron chi connectivity index (χ0n) is 13.4. The smallest absolute Gasteiger partial charge is 0.123 e. The molecule has 1 atom stereocenters. The van der Waals surface area contributed by atoms with Gasteiger partial charge in [0.2, 0.25) is 0 Å². The lowest BCUT2D eigenvalue weighted by Crippen LogP contribution is -2.27. The highest BCUT2D eigenvalue weighted by molar-refractivity contribution is 5.39. The highest BCUT2D eigenvalue weighted by Gasteiger charge is 2.11. The van der Waals surface area contributed by atoms with Crippen LogP contribution in [0.1, 0.15) is 46.1 Å². The molecule has 0 saturated carbocycles. The van der Waals surface area contributed by atoms with E-state index in [0.29, 0.717) is 18.3 Å². The number of phenols is 1. The lowest BCUT2D eigenvalue weighted by Gasteiger charge is -2.24. The van der Waals surface area contributed by atoms with Crippen molar-refractivity contribution < 1.29 is 9.84 Å². The molecular formula is C17H29NO2. The standard InChI is InChI=1S/C17H29NO2/c1-5-10-20-16-9-8-15(17(19)11-16)13-18(7-3)12-14(4)6-2/h8-9,11,14,19H,5-7,10,12-13H2,1-4H3. The van der Waals surface area contributed by atoms with Gasteiger partial charge in [0.05, 0.1) is 6.61 Å². The number of aromatic hydroxyl groups is 1. The monoisotopic (exact) mass is 279 g/mol. The Morgan fingerprint density at radius 3 is 2.55 bits per heavy atom. The van der Waals surface area contributed by atoms with Gasteiger partial charge in [-0.3, -0.25) is 4.90 Å². The molecule has 3 heteroatoms. The Balaban J connectivity index is 2.66. The minimum Gasteiger partial charge on any atom is -0.507 e. The Kier molecular flexibility index (Phi) is 7.45. The van der Waals surface area contributed by atoms with E-state index in [-0.39, 0.29) is 0 Å². The number of ether oxygens (including phenoxy) is 1. The quantitative estimate of drug-likeness (QED) is 0.740. The molecule has 0 aliphatic carbocycles. The molecular weight excluding hydrogens is 250 g/mol. The molecule has 0 aliphatic rings. The molecule has 0 fully saturated rings. The van der Waals surface area contributed by atoms with Crippen LogP contribution in [0.15, 0.2) is 18.2 Å². The van der Waals surface area contributed by atoms with Gasteiger partial charge >= 0.3 is 0 Å². The maximum Gasteiger partial charge on any atom is 0.123 e. The van der Waals surface area contributed by atoms with Gasteiger partial charge < -0.3 is 9.84 Å². The average Bonchev–Trinajstić information content (AvgIpc) is 2.46. The van der Waals surface area contributed by atoms with Crippen LogP contribution in [0.25, 0.3) is 0 Å². The number of phenolic OH excluding ortho intramolecular Hbond substituents is 1. The van der Waals surface area contributed by atoms with Crippen LogP contribution >= 0.6 is 0 Å². The van der Waals surface area contributed by atoms with E-state index in [0.717, 1.165) is 37.4 Å². The summed E-state index contributed by atoms with van der Waals surface area (Å²) in [6.45, 7) is 12.3. The van der Waals surface area contributed by atoms with Crippen LogP contribution in [0.5, 0.6) is 11.5 Å². The van der Waals surface area contributed by atoms with E-state index < -0.39 is 0 Å². The van der Waals surface area contributed by atoms with Crippen LogP contribution in [0.4, 0.5) is 0 Å². The molecule has 0 saturated heterocycles. The molecule has 114 valence electrons. The van der Waals surface area contributed by atoms with E-state index in [1.165, 1.54) is 6.42 Å². The molecule has 0 bridgehead atoms. The topological polar surface area (TPSA) is 32.7 Å². The molecule has 0 aromatic heterocycles. The van der Waals surface area contributed by atoms with Gasteiger partial charge in [-0.05, 0) is 24.9 Å². The molecule has 0 aliphatic heterocycles. The minimum absolute atomic E-state index is 0.334. The van der Waals surface area contributed by atoms with Crippen LogP contribution in [0.3, 0.4) is 0 Å². The first-order valence-electron chi connectivity index (χ1n) is 7.77. The summed E-state index contributed by atoms with van der Waals surface area (Å²) in [5.41, 5.74) is 0.971. The lowest BCUT2D eigenvalue weighted by atomic mass is 10.1. The van der Waals surface area contributed by atoms with Crippen LogP contribution in [-0.2, 0) is 6.54 Å². The van der Waals surface area contributed by atoms with Crippen molar-refractivity contribution in [3.63, 3.8) is 0 Å². The molecule has 0 amide bonds. The van der Waals surface area contributed by atoms with Crippen LogP contribution in [0, 0.1) is 5.92 Å². The second-order valence-corrected chi connectivity index (χ2v) is 5.48. The summed E-state index contributed by atoms with van der Waals surface area (Å²) >= 11 is 0. The van der Waals surface area contributed by atoms with Gasteiger partial charge in [-0.2, -0.15) is 0 Å². The van der Waals surface area contributed by atoms with Crippen molar-refractivity contribution in [2.75, 3.05) is 19.7 Å². The molecule has 0 radical (unpaired) electrons. The van der Waals surface area contributed by atoms with E-state index in [4.69, 9.17) is 4.74 Å². The van der Waals surface area contributed by atoms with Crippen molar-refractivity contribution in [1.29, 1.82) is 0 Å². The Labute approximate surface area is 123 Å². The van der Waals surface area contributed by atoms with Gasteiger partial charge in [-0.15, -0.1) is 0 Å². The first kappa shape index (κ1) is 16.8. The third kappa shape index (κ3) is 5.41. The summed E-state index contributed by atoms with van der Waals surface area (Å²) in [7, 11) is 0. The Hall–Kier alpha value is -1.22. The second-order valence-electron chi connectivity index (χ2n) is 5.48. The molecule has 1 aromatic carbocycles. The zero-order chi connectivity index (χ0) is 15.0. The van der Waals surface area contributed by atoms with Gasteiger partial charge in [-0.1, -0.05) is 40.2 Å². The number of nitrogens with zero attached hydrogens (tertiary/aromatic N) is 1. The van der Waals surface area contributed by atoms with Gasteiger partial charge in [0, 0.05) is 24.7 Å². The minimum atomic E-state index is 0.334. The molecule has 20 heavy (non-hydrogen) atoms. The van der Waals surface area contributed by atoms with Crippen LogP contribution < -0.4 is 4.74 Å². The van der Waals surface area contributed by atoms with Crippen LogP contribution in [0.2, 0.25) is 0 Å². The number of hydrogen-bond acceptors (Lipinski definition) is 3. The van der Waals surface area contributed by atoms with Gasteiger partial charge in [0.1, 0.15) is 11.5 Å². The molecule has 1 unspecified atom stereocenters. The van der Waals surface area contributed by atoms with Crippen molar-refractivity contribution in [3.05, 3.63) is 23.8 Å². The highest BCUT2D eigenvalue weighted by Crippen LogP contribution is 2.25. The van der Waals surface area contributed by atoms with Crippen molar-refractivity contribution in [1.82, 2.24) is 4.90 Å². The third-order valence-corrected chi connectivity index (χ3v) is 3.64. The van der Waals surface area contributed by atoms with E-state index in [2.05, 4.69) is 32.6 Å². The molecule has 0 spiro atoms. The van der Waals surface area contributed by atoms with Crippen molar-refractivity contribution in [2.45, 2.75) is 47.1 Å². The molecule has 1 aromatic rings. The maximum atomic E-state index is 10.1. The predicted octanol–water partition coefficient (Wildman–Crippen LogP) is 4.05. The van der Waals surface area contributed by atoms with Crippen molar-refractivity contribution in [3.8, 4) is 11.5 Å². The average molecular weight is 279 g/mol. The predicted molar refractivity (Wildman–Crippen MR) is 84.3 cm³/mol. The summed E-state index contributed by atoms with van der Waals surface area (Å²) in [5.74, 6) is 1.77. The Bertz CT molecular complexity index is 393. The van der Waals surface area contributed by atoms with Crippen molar-refractivity contribution >= 4 is 0 Å². The second kappa shape index (κ2) is 8.85. The lowest BCUT2D eigenvalue weighted by molar-refractivity contribution is 0.235. The first-order valence-corrected chi connectivity index (χ1v) is 7.77. The number of hydrogen-bond donors (Lipinski definition) is 1. The molecule has 1 rings (SSSR count). The summed E-state index contributed by atoms with van der Waals surface area (Å²) in [6, 6.07) is 5.64. The van der Waals surface area contributed by atoms with Gasteiger partial charge in [-0.25, -0.2) is 0 Å². The largest absolute Gasteiger partial charge is 0.507 e. The molecule has 0 heterocycles. The fourth-order valence-electron chi connectivity index (χ4n) is 2.10. The van der Waals surface area contributed by atoms with Crippen molar-refractivity contribution in [2.24, 2.45) is 5.92 Å². The van der Waals surface area contributed by atoms with Gasteiger partial charge in [0.25, 0.3) is 0 Å². The number of benzene rings is 1. The van der Waals surface area contributed by atoms with E-state index in [1.54, 1.807) is 6.07 Å². The normalized spacial score (nSPS) is 12.7. The fraction of sp³-hybridized carbons (Fsp3) is 0.647.